The van der Waals surface area contributed by atoms with Gasteiger partial charge >= 0.3 is 0 Å². The Hall–Kier alpha value is -2.43. The zero-order chi connectivity index (χ0) is 13.4. The molecule has 0 unspecified atom stereocenters. The van der Waals surface area contributed by atoms with Crippen LogP contribution >= 0.6 is 0 Å². The third-order valence-electron chi connectivity index (χ3n) is 3.02. The van der Waals surface area contributed by atoms with Crippen LogP contribution in [0.3, 0.4) is 0 Å². The van der Waals surface area contributed by atoms with E-state index < -0.39 is 0 Å². The van der Waals surface area contributed by atoms with Gasteiger partial charge in [0.1, 0.15) is 5.82 Å². The minimum atomic E-state index is -0.287. The Labute approximate surface area is 109 Å². The standard InChI is InChI=1S/C14H12FN3O/c1-2-11-7-13(19)18-14(17-11)12(8-16-18)9-3-5-10(15)6-4-9/h3-8,19H,2H2,1H3. The molecule has 0 atom stereocenters. The highest BCUT2D eigenvalue weighted by Gasteiger charge is 2.12. The molecule has 3 rings (SSSR count). The molecule has 1 N–H and O–H groups in total. The van der Waals surface area contributed by atoms with Crippen molar-refractivity contribution in [1.29, 1.82) is 0 Å². The van der Waals surface area contributed by atoms with Crippen molar-refractivity contribution in [3.8, 4) is 17.0 Å². The number of hydrogen-bond acceptors (Lipinski definition) is 3. The molecule has 0 saturated carbocycles. The number of rotatable bonds is 2. The van der Waals surface area contributed by atoms with Gasteiger partial charge in [-0.1, -0.05) is 19.1 Å². The lowest BCUT2D eigenvalue weighted by Gasteiger charge is -2.03. The lowest BCUT2D eigenvalue weighted by molar-refractivity contribution is 0.434. The summed E-state index contributed by atoms with van der Waals surface area (Å²) in [6, 6.07) is 7.71. The lowest BCUT2D eigenvalue weighted by atomic mass is 10.1. The summed E-state index contributed by atoms with van der Waals surface area (Å²) >= 11 is 0. The monoisotopic (exact) mass is 257 g/mol. The van der Waals surface area contributed by atoms with Crippen molar-refractivity contribution in [3.63, 3.8) is 0 Å². The average molecular weight is 257 g/mol. The molecule has 4 nitrogen and oxygen atoms in total. The second-order valence-electron chi connectivity index (χ2n) is 4.26. The lowest BCUT2D eigenvalue weighted by Crippen LogP contribution is -1.96. The van der Waals surface area contributed by atoms with Crippen LogP contribution in [0.25, 0.3) is 16.8 Å². The Bertz CT molecular complexity index is 734. The van der Waals surface area contributed by atoms with Crippen molar-refractivity contribution in [2.75, 3.05) is 0 Å². The molecule has 96 valence electrons. The first-order valence-corrected chi connectivity index (χ1v) is 6.01. The molecule has 0 bridgehead atoms. The number of aromatic nitrogens is 3. The summed E-state index contributed by atoms with van der Waals surface area (Å²) in [6.07, 6.45) is 2.34. The zero-order valence-corrected chi connectivity index (χ0v) is 10.3. The first-order valence-electron chi connectivity index (χ1n) is 6.01. The minimum absolute atomic E-state index is 0.0511. The highest BCUT2D eigenvalue weighted by molar-refractivity contribution is 5.77. The van der Waals surface area contributed by atoms with E-state index in [2.05, 4.69) is 10.1 Å². The fourth-order valence-electron chi connectivity index (χ4n) is 2.01. The second kappa shape index (κ2) is 4.35. The molecule has 0 amide bonds. The van der Waals surface area contributed by atoms with Crippen LogP contribution < -0.4 is 0 Å². The first kappa shape index (κ1) is 11.6. The third kappa shape index (κ3) is 1.93. The van der Waals surface area contributed by atoms with E-state index in [0.29, 0.717) is 5.65 Å². The van der Waals surface area contributed by atoms with Gasteiger partial charge in [0.05, 0.1) is 6.20 Å². The molecule has 3 aromatic rings. The molecule has 2 heterocycles. The fourth-order valence-corrected chi connectivity index (χ4v) is 2.01. The predicted octanol–water partition coefficient (Wildman–Crippen LogP) is 2.80. The molecule has 0 aliphatic rings. The van der Waals surface area contributed by atoms with Crippen LogP contribution in [0, 0.1) is 5.82 Å². The van der Waals surface area contributed by atoms with Crippen LogP contribution in [0.5, 0.6) is 5.88 Å². The van der Waals surface area contributed by atoms with Gasteiger partial charge in [-0.05, 0) is 24.1 Å². The number of aromatic hydroxyl groups is 1. The van der Waals surface area contributed by atoms with Gasteiger partial charge in [0.25, 0.3) is 0 Å². The summed E-state index contributed by atoms with van der Waals surface area (Å²) in [5, 5.41) is 14.0. The van der Waals surface area contributed by atoms with E-state index in [1.54, 1.807) is 24.4 Å². The number of hydrogen-bond donors (Lipinski definition) is 1. The van der Waals surface area contributed by atoms with Gasteiger partial charge in [-0.3, -0.25) is 0 Å². The topological polar surface area (TPSA) is 50.4 Å². The second-order valence-corrected chi connectivity index (χ2v) is 4.26. The van der Waals surface area contributed by atoms with Crippen LogP contribution in [0.2, 0.25) is 0 Å². The Morgan fingerprint density at radius 1 is 1.26 bits per heavy atom. The Kier molecular flexibility index (Phi) is 2.67. The van der Waals surface area contributed by atoms with Crippen molar-refractivity contribution in [3.05, 3.63) is 48.0 Å². The van der Waals surface area contributed by atoms with Crippen LogP contribution in [0.1, 0.15) is 12.6 Å². The molecule has 0 fully saturated rings. The summed E-state index contributed by atoms with van der Waals surface area (Å²) in [4.78, 5) is 4.46. The quantitative estimate of drug-likeness (QED) is 0.768. The summed E-state index contributed by atoms with van der Waals surface area (Å²) in [5.74, 6) is -0.236. The van der Waals surface area contributed by atoms with E-state index >= 15 is 0 Å². The Morgan fingerprint density at radius 2 is 2.00 bits per heavy atom. The minimum Gasteiger partial charge on any atom is -0.493 e. The summed E-state index contributed by atoms with van der Waals surface area (Å²) in [7, 11) is 0. The average Bonchev–Trinajstić information content (AvgIpc) is 2.84. The number of fused-ring (bicyclic) bond motifs is 1. The van der Waals surface area contributed by atoms with Gasteiger partial charge in [0.2, 0.25) is 5.88 Å². The van der Waals surface area contributed by atoms with E-state index in [1.807, 2.05) is 6.92 Å². The van der Waals surface area contributed by atoms with E-state index in [-0.39, 0.29) is 11.7 Å². The molecule has 0 radical (unpaired) electrons. The maximum atomic E-state index is 12.9. The predicted molar refractivity (Wildman–Crippen MR) is 69.4 cm³/mol. The van der Waals surface area contributed by atoms with Gasteiger partial charge in [-0.2, -0.15) is 9.61 Å². The highest BCUT2D eigenvalue weighted by Crippen LogP contribution is 2.26. The van der Waals surface area contributed by atoms with Crippen LogP contribution in [0.4, 0.5) is 4.39 Å². The molecule has 0 spiro atoms. The van der Waals surface area contributed by atoms with Crippen LogP contribution in [-0.4, -0.2) is 19.7 Å². The van der Waals surface area contributed by atoms with E-state index in [1.165, 1.54) is 16.6 Å². The maximum absolute atomic E-state index is 12.9. The van der Waals surface area contributed by atoms with Crippen LogP contribution in [0.15, 0.2) is 36.5 Å². The van der Waals surface area contributed by atoms with E-state index in [4.69, 9.17) is 0 Å². The smallest absolute Gasteiger partial charge is 0.215 e. The molecule has 1 aromatic carbocycles. The zero-order valence-electron chi connectivity index (χ0n) is 10.3. The summed E-state index contributed by atoms with van der Waals surface area (Å²) in [6.45, 7) is 1.96. The normalized spacial score (nSPS) is 11.1. The SMILES string of the molecule is CCc1cc(O)n2ncc(-c3ccc(F)cc3)c2n1. The Balaban J connectivity index is 2.24. The van der Waals surface area contributed by atoms with Crippen molar-refractivity contribution in [2.45, 2.75) is 13.3 Å². The van der Waals surface area contributed by atoms with E-state index in [9.17, 15) is 9.50 Å². The third-order valence-corrected chi connectivity index (χ3v) is 3.02. The van der Waals surface area contributed by atoms with Gasteiger partial charge in [0, 0.05) is 17.3 Å². The molecular weight excluding hydrogens is 245 g/mol. The molecule has 0 aliphatic carbocycles. The van der Waals surface area contributed by atoms with Gasteiger partial charge in [-0.15, -0.1) is 0 Å². The Morgan fingerprint density at radius 3 is 2.68 bits per heavy atom. The van der Waals surface area contributed by atoms with Gasteiger partial charge in [-0.25, -0.2) is 9.37 Å². The fraction of sp³-hybridized carbons (Fsp3) is 0.143. The summed E-state index contributed by atoms with van der Waals surface area (Å²) < 4.78 is 14.3. The molecule has 0 saturated heterocycles. The van der Waals surface area contributed by atoms with Crippen molar-refractivity contribution >= 4 is 5.65 Å². The summed E-state index contributed by atoms with van der Waals surface area (Å²) in [5.41, 5.74) is 2.94. The molecule has 5 heteroatoms. The van der Waals surface area contributed by atoms with Crippen molar-refractivity contribution in [1.82, 2.24) is 14.6 Å². The van der Waals surface area contributed by atoms with Gasteiger partial charge < -0.3 is 5.11 Å². The van der Waals surface area contributed by atoms with Crippen LogP contribution in [-0.2, 0) is 6.42 Å². The number of benzene rings is 1. The highest BCUT2D eigenvalue weighted by atomic mass is 19.1. The number of aryl methyl sites for hydroxylation is 1. The molecule has 2 aromatic heterocycles. The number of halogens is 1. The molecular formula is C14H12FN3O. The largest absolute Gasteiger partial charge is 0.493 e. The first-order chi connectivity index (χ1) is 9.19. The van der Waals surface area contributed by atoms with Crippen molar-refractivity contribution in [2.24, 2.45) is 0 Å². The van der Waals surface area contributed by atoms with E-state index in [0.717, 1.165) is 23.2 Å². The maximum Gasteiger partial charge on any atom is 0.215 e. The van der Waals surface area contributed by atoms with Gasteiger partial charge in [0.15, 0.2) is 5.65 Å². The molecule has 19 heavy (non-hydrogen) atoms. The van der Waals surface area contributed by atoms with Crippen molar-refractivity contribution < 1.29 is 9.50 Å². The number of nitrogens with zero attached hydrogens (tertiary/aromatic N) is 3. The molecule has 0 aliphatic heterocycles.